The summed E-state index contributed by atoms with van der Waals surface area (Å²) in [5.74, 6) is 0. The van der Waals surface area contributed by atoms with E-state index in [1.54, 1.807) is 0 Å². The first kappa shape index (κ1) is 19.6. The minimum absolute atomic E-state index is 1.17. The molecule has 0 radical (unpaired) electrons. The van der Waals surface area contributed by atoms with Gasteiger partial charge in [0.1, 0.15) is 0 Å². The van der Waals surface area contributed by atoms with Crippen molar-refractivity contribution in [2.45, 2.75) is 13.8 Å². The lowest BCUT2D eigenvalue weighted by molar-refractivity contribution is 1.26. The van der Waals surface area contributed by atoms with Crippen LogP contribution in [0.3, 0.4) is 0 Å². The molecule has 1 heteroatoms. The summed E-state index contributed by atoms with van der Waals surface area (Å²) in [4.78, 5) is 2.36. The van der Waals surface area contributed by atoms with Crippen LogP contribution in [0.4, 0.5) is 17.1 Å². The van der Waals surface area contributed by atoms with Crippen LogP contribution in [0.25, 0.3) is 32.3 Å². The Bertz CT molecular complexity index is 1560. The van der Waals surface area contributed by atoms with E-state index in [4.69, 9.17) is 0 Å². The van der Waals surface area contributed by atoms with E-state index in [0.717, 1.165) is 0 Å². The molecule has 0 heterocycles. The molecule has 6 aromatic carbocycles. The summed E-state index contributed by atoms with van der Waals surface area (Å²) < 4.78 is 0. The molecule has 1 nitrogen and oxygen atoms in total. The van der Waals surface area contributed by atoms with Crippen molar-refractivity contribution in [2.75, 3.05) is 4.90 Å². The Balaban J connectivity index is 1.68. The molecule has 33 heavy (non-hydrogen) atoms. The van der Waals surface area contributed by atoms with E-state index < -0.39 is 0 Å². The van der Waals surface area contributed by atoms with Crippen LogP contribution in [0.15, 0.2) is 115 Å². The normalized spacial score (nSPS) is 11.3. The number of rotatable bonds is 3. The fourth-order valence-electron chi connectivity index (χ4n) is 5.02. The SMILES string of the molecule is Cc1cccc(N(c2cccc(C)c2)c2ccc3c4ccccc4c4ccccc4c3c2)c1. The average Bonchev–Trinajstić information content (AvgIpc) is 2.84. The van der Waals surface area contributed by atoms with Gasteiger partial charge in [-0.3, -0.25) is 0 Å². The van der Waals surface area contributed by atoms with Gasteiger partial charge in [-0.1, -0.05) is 78.9 Å². The third kappa shape index (κ3) is 3.34. The molecule has 0 saturated heterocycles. The smallest absolute Gasteiger partial charge is 0.0468 e. The molecule has 0 unspecified atom stereocenters. The summed E-state index contributed by atoms with van der Waals surface area (Å²) in [6.45, 7) is 4.30. The first-order chi connectivity index (χ1) is 16.2. The second-order valence-corrected chi connectivity index (χ2v) is 8.83. The fourth-order valence-corrected chi connectivity index (χ4v) is 5.02. The Morgan fingerprint density at radius 3 is 1.27 bits per heavy atom. The Morgan fingerprint density at radius 1 is 0.364 bits per heavy atom. The molecule has 0 aliphatic heterocycles. The summed E-state index contributed by atoms with van der Waals surface area (Å²) >= 11 is 0. The molecule has 6 rings (SSSR count). The molecule has 0 bridgehead atoms. The van der Waals surface area contributed by atoms with Gasteiger partial charge in [-0.05, 0) is 93.7 Å². The maximum absolute atomic E-state index is 2.36. The van der Waals surface area contributed by atoms with Crippen LogP contribution in [0, 0.1) is 13.8 Å². The van der Waals surface area contributed by atoms with Crippen LogP contribution in [0.1, 0.15) is 11.1 Å². The summed E-state index contributed by atoms with van der Waals surface area (Å²) in [5, 5.41) is 7.78. The lowest BCUT2D eigenvalue weighted by Gasteiger charge is -2.27. The van der Waals surface area contributed by atoms with E-state index in [0.29, 0.717) is 0 Å². The number of nitrogens with zero attached hydrogens (tertiary/aromatic N) is 1. The Kier molecular flexibility index (Phi) is 4.62. The number of anilines is 3. The molecular weight excluding hydrogens is 398 g/mol. The summed E-state index contributed by atoms with van der Waals surface area (Å²) in [7, 11) is 0. The van der Waals surface area contributed by atoms with Crippen molar-refractivity contribution in [1.82, 2.24) is 0 Å². The Morgan fingerprint density at radius 2 is 0.788 bits per heavy atom. The zero-order chi connectivity index (χ0) is 22.4. The van der Waals surface area contributed by atoms with Gasteiger partial charge < -0.3 is 4.90 Å². The summed E-state index contributed by atoms with van der Waals surface area (Å²) in [6, 6.07) is 41.9. The molecule has 0 saturated carbocycles. The highest BCUT2D eigenvalue weighted by molar-refractivity contribution is 6.25. The lowest BCUT2D eigenvalue weighted by atomic mass is 9.94. The maximum Gasteiger partial charge on any atom is 0.0468 e. The van der Waals surface area contributed by atoms with Crippen molar-refractivity contribution in [3.8, 4) is 0 Å². The van der Waals surface area contributed by atoms with E-state index >= 15 is 0 Å². The molecule has 0 aromatic heterocycles. The van der Waals surface area contributed by atoms with Crippen LogP contribution in [0.2, 0.25) is 0 Å². The molecule has 0 aliphatic carbocycles. The zero-order valence-electron chi connectivity index (χ0n) is 18.9. The largest absolute Gasteiger partial charge is 0.310 e. The molecule has 0 spiro atoms. The van der Waals surface area contributed by atoms with Crippen LogP contribution >= 0.6 is 0 Å². The first-order valence-electron chi connectivity index (χ1n) is 11.5. The predicted molar refractivity (Wildman–Crippen MR) is 143 cm³/mol. The maximum atomic E-state index is 2.36. The molecule has 0 amide bonds. The molecule has 0 aliphatic rings. The van der Waals surface area contributed by atoms with Gasteiger partial charge in [0.25, 0.3) is 0 Å². The van der Waals surface area contributed by atoms with Gasteiger partial charge in [0.15, 0.2) is 0 Å². The lowest BCUT2D eigenvalue weighted by Crippen LogP contribution is -2.10. The molecule has 6 aromatic rings. The highest BCUT2D eigenvalue weighted by Gasteiger charge is 2.15. The van der Waals surface area contributed by atoms with Gasteiger partial charge in [0.05, 0.1) is 0 Å². The molecule has 0 fully saturated rings. The number of fused-ring (bicyclic) bond motifs is 6. The van der Waals surface area contributed by atoms with Gasteiger partial charge in [0.2, 0.25) is 0 Å². The van der Waals surface area contributed by atoms with Gasteiger partial charge in [0, 0.05) is 17.1 Å². The fraction of sp³-hybridized carbons (Fsp3) is 0.0625. The number of hydrogen-bond acceptors (Lipinski definition) is 1. The van der Waals surface area contributed by atoms with Crippen LogP contribution in [-0.2, 0) is 0 Å². The van der Waals surface area contributed by atoms with Crippen molar-refractivity contribution in [3.05, 3.63) is 126 Å². The highest BCUT2D eigenvalue weighted by atomic mass is 15.1. The third-order valence-electron chi connectivity index (χ3n) is 6.51. The Labute approximate surface area is 194 Å². The average molecular weight is 424 g/mol. The Hall–Kier alpha value is -4.10. The zero-order valence-corrected chi connectivity index (χ0v) is 18.9. The first-order valence-corrected chi connectivity index (χ1v) is 11.5. The number of hydrogen-bond donors (Lipinski definition) is 0. The second-order valence-electron chi connectivity index (χ2n) is 8.83. The predicted octanol–water partition coefficient (Wildman–Crippen LogP) is 9.23. The van der Waals surface area contributed by atoms with Gasteiger partial charge in [-0.15, -0.1) is 0 Å². The van der Waals surface area contributed by atoms with Crippen LogP contribution in [-0.4, -0.2) is 0 Å². The molecule has 158 valence electrons. The highest BCUT2D eigenvalue weighted by Crippen LogP contribution is 2.40. The molecule has 0 atom stereocenters. The minimum atomic E-state index is 1.17. The van der Waals surface area contributed by atoms with Crippen molar-refractivity contribution < 1.29 is 0 Å². The van der Waals surface area contributed by atoms with E-state index in [9.17, 15) is 0 Å². The summed E-state index contributed by atoms with van der Waals surface area (Å²) in [6.07, 6.45) is 0. The van der Waals surface area contributed by atoms with Crippen molar-refractivity contribution in [3.63, 3.8) is 0 Å². The van der Waals surface area contributed by atoms with Gasteiger partial charge in [-0.2, -0.15) is 0 Å². The van der Waals surface area contributed by atoms with Crippen LogP contribution in [0.5, 0.6) is 0 Å². The number of aryl methyl sites for hydroxylation is 2. The third-order valence-corrected chi connectivity index (χ3v) is 6.51. The monoisotopic (exact) mass is 423 g/mol. The standard InChI is InChI=1S/C32H25N/c1-22-9-7-11-24(19-22)33(25-12-8-10-23(2)20-25)26-17-18-31-29-15-4-3-13-27(29)28-14-5-6-16-30(28)32(31)21-26/h3-21H,1-2H3. The quantitative estimate of drug-likeness (QED) is 0.256. The van der Waals surface area contributed by atoms with Crippen molar-refractivity contribution in [1.29, 1.82) is 0 Å². The molecule has 0 N–H and O–H groups in total. The van der Waals surface area contributed by atoms with E-state index in [-0.39, 0.29) is 0 Å². The van der Waals surface area contributed by atoms with E-state index in [1.807, 2.05) is 0 Å². The van der Waals surface area contributed by atoms with Crippen LogP contribution < -0.4 is 4.90 Å². The topological polar surface area (TPSA) is 3.24 Å². The summed E-state index contributed by atoms with van der Waals surface area (Å²) in [5.41, 5.74) is 6.01. The second kappa shape index (κ2) is 7.79. The minimum Gasteiger partial charge on any atom is -0.310 e. The van der Waals surface area contributed by atoms with Crippen molar-refractivity contribution >= 4 is 49.4 Å². The van der Waals surface area contributed by atoms with E-state index in [1.165, 1.54) is 60.5 Å². The number of benzene rings is 6. The van der Waals surface area contributed by atoms with Crippen molar-refractivity contribution in [2.24, 2.45) is 0 Å². The van der Waals surface area contributed by atoms with E-state index in [2.05, 4.69) is 134 Å². The van der Waals surface area contributed by atoms with Gasteiger partial charge >= 0.3 is 0 Å². The molecular formula is C32H25N. The van der Waals surface area contributed by atoms with Gasteiger partial charge in [-0.25, -0.2) is 0 Å².